The molecule has 0 aliphatic carbocycles. The quantitative estimate of drug-likeness (QED) is 0.690. The van der Waals surface area contributed by atoms with Gasteiger partial charge in [0.05, 0.1) is 0 Å². The van der Waals surface area contributed by atoms with E-state index in [0.29, 0.717) is 0 Å². The van der Waals surface area contributed by atoms with Crippen LogP contribution in [0.15, 0.2) is 60.7 Å². The third-order valence-corrected chi connectivity index (χ3v) is 8.29. The first-order valence-corrected chi connectivity index (χ1v) is 10.0. The van der Waals surface area contributed by atoms with E-state index in [1.807, 2.05) is 0 Å². The molecule has 1 atom stereocenters. The first kappa shape index (κ1) is 13.7. The molecule has 0 saturated heterocycles. The van der Waals surface area contributed by atoms with Gasteiger partial charge in [-0.2, -0.15) is 0 Å². The standard InChI is InChI=1S/C19H21Se/c1-19(2,3)13-18-17-12-8-7-9-15(17)14-20(18)16-10-5-4-6-11-16/h4-13H,14H2,1-3H3/q+1/b18-13+. The molecule has 3 rings (SSSR count). The number of rotatable bonds is 1. The van der Waals surface area contributed by atoms with Crippen LogP contribution in [0.25, 0.3) is 4.47 Å². The molecule has 0 amide bonds. The van der Waals surface area contributed by atoms with Gasteiger partial charge in [0.1, 0.15) is 0 Å². The molecular formula is C19H21Se+. The Hall–Kier alpha value is -1.30. The molecule has 0 nitrogen and oxygen atoms in total. The van der Waals surface area contributed by atoms with Crippen LogP contribution in [0.2, 0.25) is 0 Å². The molecule has 1 heteroatoms. The number of fused-ring (bicyclic) bond motifs is 1. The second-order valence-corrected chi connectivity index (χ2v) is 10.5. The zero-order valence-corrected chi connectivity index (χ0v) is 14.1. The Morgan fingerprint density at radius 1 is 0.900 bits per heavy atom. The Labute approximate surface area is 126 Å². The first-order chi connectivity index (χ1) is 9.54. The van der Waals surface area contributed by atoms with Crippen molar-refractivity contribution in [1.82, 2.24) is 0 Å². The fourth-order valence-electron chi connectivity index (χ4n) is 2.59. The summed E-state index contributed by atoms with van der Waals surface area (Å²) in [6, 6.07) is 20.1. The molecule has 1 unspecified atom stereocenters. The van der Waals surface area contributed by atoms with Gasteiger partial charge < -0.3 is 0 Å². The normalized spacial score (nSPS) is 20.1. The van der Waals surface area contributed by atoms with Gasteiger partial charge in [-0.15, -0.1) is 0 Å². The molecule has 20 heavy (non-hydrogen) atoms. The predicted octanol–water partition coefficient (Wildman–Crippen LogP) is 4.15. The van der Waals surface area contributed by atoms with Crippen LogP contribution in [-0.4, -0.2) is 13.9 Å². The van der Waals surface area contributed by atoms with E-state index in [2.05, 4.69) is 81.4 Å². The van der Waals surface area contributed by atoms with Gasteiger partial charge in [-0.3, -0.25) is 0 Å². The second-order valence-electron chi connectivity index (χ2n) is 6.38. The van der Waals surface area contributed by atoms with Crippen molar-refractivity contribution in [2.24, 2.45) is 5.41 Å². The fourth-order valence-corrected chi connectivity index (χ4v) is 8.01. The molecule has 1 aliphatic rings. The molecule has 0 saturated carbocycles. The van der Waals surface area contributed by atoms with E-state index in [-0.39, 0.29) is 5.41 Å². The summed E-state index contributed by atoms with van der Waals surface area (Å²) in [5.74, 6) is 0. The Balaban J connectivity index is 2.11. The van der Waals surface area contributed by atoms with E-state index in [1.54, 1.807) is 8.93 Å². The van der Waals surface area contributed by atoms with Crippen LogP contribution in [0, 0.1) is 5.41 Å². The van der Waals surface area contributed by atoms with Crippen molar-refractivity contribution < 1.29 is 0 Å². The van der Waals surface area contributed by atoms with Gasteiger partial charge >= 0.3 is 126 Å². The first-order valence-electron chi connectivity index (χ1n) is 7.12. The number of hydrogen-bond donors (Lipinski definition) is 0. The molecule has 102 valence electrons. The van der Waals surface area contributed by atoms with Crippen molar-refractivity contribution in [3.05, 3.63) is 71.8 Å². The van der Waals surface area contributed by atoms with Gasteiger partial charge in [-0.05, 0) is 0 Å². The average Bonchev–Trinajstić information content (AvgIpc) is 2.77. The molecule has 0 aromatic heterocycles. The molecule has 0 N–H and O–H groups in total. The molecule has 2 aromatic rings. The topological polar surface area (TPSA) is 0 Å². The van der Waals surface area contributed by atoms with Crippen LogP contribution in [0.5, 0.6) is 0 Å². The summed E-state index contributed by atoms with van der Waals surface area (Å²) in [6.07, 6.45) is 2.51. The molecule has 0 fully saturated rings. The van der Waals surface area contributed by atoms with Crippen molar-refractivity contribution in [2.75, 3.05) is 0 Å². The van der Waals surface area contributed by atoms with Crippen molar-refractivity contribution in [1.29, 1.82) is 0 Å². The van der Waals surface area contributed by atoms with Gasteiger partial charge in [-0.1, -0.05) is 0 Å². The fraction of sp³-hybridized carbons (Fsp3) is 0.263. The maximum absolute atomic E-state index is 2.51. The van der Waals surface area contributed by atoms with E-state index in [9.17, 15) is 0 Å². The summed E-state index contributed by atoms with van der Waals surface area (Å²) in [6.45, 7) is 6.90. The Bertz CT molecular complexity index is 632. The minimum absolute atomic E-state index is 0.239. The van der Waals surface area contributed by atoms with Crippen LogP contribution in [0.1, 0.15) is 31.9 Å². The summed E-state index contributed by atoms with van der Waals surface area (Å²) in [7, 11) is 0. The molecule has 0 bridgehead atoms. The van der Waals surface area contributed by atoms with Crippen LogP contribution in [-0.2, 0) is 5.32 Å². The van der Waals surface area contributed by atoms with Crippen molar-refractivity contribution >= 4 is 22.8 Å². The molecule has 2 aromatic carbocycles. The summed E-state index contributed by atoms with van der Waals surface area (Å²) in [4.78, 5) is 0. The molecule has 1 aliphatic heterocycles. The summed E-state index contributed by atoms with van der Waals surface area (Å²) in [5, 5.41) is 1.25. The van der Waals surface area contributed by atoms with E-state index in [4.69, 9.17) is 0 Å². The van der Waals surface area contributed by atoms with E-state index < -0.39 is 13.9 Å². The second kappa shape index (κ2) is 5.24. The third kappa shape index (κ3) is 2.75. The summed E-state index contributed by atoms with van der Waals surface area (Å²) in [5.41, 5.74) is 3.27. The monoisotopic (exact) mass is 329 g/mol. The minimum atomic E-state index is -0.922. The van der Waals surface area contributed by atoms with Crippen molar-refractivity contribution in [3.63, 3.8) is 0 Å². The number of hydrogen-bond acceptors (Lipinski definition) is 0. The predicted molar refractivity (Wildman–Crippen MR) is 89.4 cm³/mol. The van der Waals surface area contributed by atoms with Crippen LogP contribution < -0.4 is 4.46 Å². The van der Waals surface area contributed by atoms with E-state index in [0.717, 1.165) is 0 Å². The SMILES string of the molecule is CC(C)(C)/C=C1\c2ccccc2C[Se+]1c1ccccc1. The van der Waals surface area contributed by atoms with Gasteiger partial charge in [0.25, 0.3) is 0 Å². The molecule has 1 heterocycles. The van der Waals surface area contributed by atoms with E-state index in [1.165, 1.54) is 16.4 Å². The summed E-state index contributed by atoms with van der Waals surface area (Å²) < 4.78 is 3.18. The average molecular weight is 328 g/mol. The van der Waals surface area contributed by atoms with Crippen LogP contribution in [0.3, 0.4) is 0 Å². The Kier molecular flexibility index (Phi) is 3.58. The van der Waals surface area contributed by atoms with Crippen LogP contribution in [0.4, 0.5) is 0 Å². The van der Waals surface area contributed by atoms with Crippen molar-refractivity contribution in [3.8, 4) is 0 Å². The van der Waals surface area contributed by atoms with E-state index >= 15 is 0 Å². The maximum atomic E-state index is 2.51. The summed E-state index contributed by atoms with van der Waals surface area (Å²) >= 11 is -0.922. The zero-order chi connectivity index (χ0) is 14.2. The van der Waals surface area contributed by atoms with Crippen molar-refractivity contribution in [2.45, 2.75) is 26.1 Å². The number of benzene rings is 2. The van der Waals surface area contributed by atoms with Crippen LogP contribution >= 0.6 is 0 Å². The Morgan fingerprint density at radius 3 is 2.25 bits per heavy atom. The molecule has 0 radical (unpaired) electrons. The molecular weight excluding hydrogens is 307 g/mol. The third-order valence-electron chi connectivity index (χ3n) is 3.44. The van der Waals surface area contributed by atoms with Gasteiger partial charge in [0.15, 0.2) is 0 Å². The van der Waals surface area contributed by atoms with Gasteiger partial charge in [0.2, 0.25) is 0 Å². The zero-order valence-electron chi connectivity index (χ0n) is 12.4. The van der Waals surface area contributed by atoms with Gasteiger partial charge in [0, 0.05) is 0 Å². The number of allylic oxidation sites excluding steroid dienone is 1. The Morgan fingerprint density at radius 2 is 1.55 bits per heavy atom. The molecule has 0 spiro atoms. The van der Waals surface area contributed by atoms with Gasteiger partial charge in [-0.25, -0.2) is 0 Å².